The number of hydrogen-bond donors (Lipinski definition) is 0. The number of carbonyl (C=O) groups excluding carboxylic acids is 3. The van der Waals surface area contributed by atoms with Gasteiger partial charge in [-0.25, -0.2) is 9.36 Å². The molecule has 0 aliphatic carbocycles. The van der Waals surface area contributed by atoms with Crippen LogP contribution < -0.4 is 4.80 Å². The molecule has 9 heteroatoms. The van der Waals surface area contributed by atoms with Crippen LogP contribution in [0.4, 0.5) is 0 Å². The standard InChI is InChI=1S/C28H21N5O3S/c1-18-13-15-22(16-14-18)33-28(29-26(36)20-9-5-3-6-10-20)37-27(31-33)25(35)24-17-23(19(2)34)30-32(24)21-11-7-4-8-12-21/h3-17H,1-2H3. The maximum atomic E-state index is 13.7. The first-order chi connectivity index (χ1) is 17.9. The first-order valence-corrected chi connectivity index (χ1v) is 12.2. The minimum atomic E-state index is -0.447. The number of carbonyl (C=O) groups is 3. The first kappa shape index (κ1) is 24.0. The average Bonchev–Trinajstić information content (AvgIpc) is 3.55. The number of para-hydroxylation sites is 1. The molecule has 0 saturated heterocycles. The first-order valence-electron chi connectivity index (χ1n) is 11.4. The largest absolute Gasteiger partial charge is 0.293 e. The number of amides is 1. The van der Waals surface area contributed by atoms with Crippen molar-refractivity contribution in [1.82, 2.24) is 19.6 Å². The molecule has 0 aliphatic rings. The molecule has 0 spiro atoms. The molecule has 182 valence electrons. The normalized spacial score (nSPS) is 11.5. The molecule has 5 aromatic rings. The third-order valence-corrected chi connectivity index (χ3v) is 6.46. The zero-order valence-corrected chi connectivity index (χ0v) is 20.8. The third-order valence-electron chi connectivity index (χ3n) is 5.55. The lowest BCUT2D eigenvalue weighted by molar-refractivity contribution is 0.0993. The predicted molar refractivity (Wildman–Crippen MR) is 140 cm³/mol. The minimum Gasteiger partial charge on any atom is -0.293 e. The summed E-state index contributed by atoms with van der Waals surface area (Å²) in [6.45, 7) is 3.36. The van der Waals surface area contributed by atoms with E-state index in [0.29, 0.717) is 16.9 Å². The molecule has 0 aliphatic heterocycles. The number of nitrogens with zero attached hydrogens (tertiary/aromatic N) is 5. The van der Waals surface area contributed by atoms with E-state index < -0.39 is 11.7 Å². The Morgan fingerprint density at radius 3 is 2.05 bits per heavy atom. The van der Waals surface area contributed by atoms with Crippen LogP contribution >= 0.6 is 11.3 Å². The van der Waals surface area contributed by atoms with Crippen molar-refractivity contribution in [3.8, 4) is 11.4 Å². The number of hydrogen-bond acceptors (Lipinski definition) is 6. The zero-order valence-electron chi connectivity index (χ0n) is 20.0. The Morgan fingerprint density at radius 2 is 1.41 bits per heavy atom. The third kappa shape index (κ3) is 4.98. The zero-order chi connectivity index (χ0) is 25.9. The molecule has 0 atom stereocenters. The van der Waals surface area contributed by atoms with Gasteiger partial charge in [-0.05, 0) is 49.4 Å². The fourth-order valence-electron chi connectivity index (χ4n) is 3.62. The molecule has 3 aromatic carbocycles. The number of rotatable bonds is 6. The smallest absolute Gasteiger partial charge is 0.279 e. The number of ketones is 2. The molecule has 1 amide bonds. The molecule has 0 unspecified atom stereocenters. The molecule has 37 heavy (non-hydrogen) atoms. The molecule has 8 nitrogen and oxygen atoms in total. The van der Waals surface area contributed by atoms with Crippen molar-refractivity contribution < 1.29 is 14.4 Å². The van der Waals surface area contributed by atoms with Crippen LogP contribution in [0.2, 0.25) is 0 Å². The van der Waals surface area contributed by atoms with E-state index in [1.165, 1.54) is 22.4 Å². The summed E-state index contributed by atoms with van der Waals surface area (Å²) in [6, 6.07) is 26.7. The molecule has 0 fully saturated rings. The summed E-state index contributed by atoms with van der Waals surface area (Å²) in [6.07, 6.45) is 0. The Labute approximate surface area is 216 Å². The van der Waals surface area contributed by atoms with Gasteiger partial charge in [0.25, 0.3) is 5.91 Å². The van der Waals surface area contributed by atoms with Gasteiger partial charge in [-0.15, -0.1) is 0 Å². The van der Waals surface area contributed by atoms with E-state index in [1.54, 1.807) is 36.4 Å². The van der Waals surface area contributed by atoms with Gasteiger partial charge in [-0.2, -0.15) is 15.2 Å². The summed E-state index contributed by atoms with van der Waals surface area (Å²) in [5.74, 6) is -1.15. The highest BCUT2D eigenvalue weighted by atomic mass is 32.1. The van der Waals surface area contributed by atoms with E-state index in [-0.39, 0.29) is 27.0 Å². The van der Waals surface area contributed by atoms with Gasteiger partial charge in [0.2, 0.25) is 10.6 Å². The number of benzene rings is 3. The van der Waals surface area contributed by atoms with Crippen molar-refractivity contribution in [3.05, 3.63) is 123 Å². The van der Waals surface area contributed by atoms with Crippen LogP contribution in [0.3, 0.4) is 0 Å². The molecule has 0 bridgehead atoms. The van der Waals surface area contributed by atoms with Gasteiger partial charge in [0.1, 0.15) is 11.4 Å². The summed E-state index contributed by atoms with van der Waals surface area (Å²) in [7, 11) is 0. The molecule has 2 aromatic heterocycles. The van der Waals surface area contributed by atoms with Crippen LogP contribution in [0.5, 0.6) is 0 Å². The lowest BCUT2D eigenvalue weighted by atomic mass is 10.2. The topological polar surface area (TPSA) is 99.2 Å². The fourth-order valence-corrected chi connectivity index (χ4v) is 4.48. The highest BCUT2D eigenvalue weighted by Gasteiger charge is 2.24. The minimum absolute atomic E-state index is 0.104. The summed E-state index contributed by atoms with van der Waals surface area (Å²) in [5, 5.41) is 8.99. The van der Waals surface area contributed by atoms with Gasteiger partial charge in [0, 0.05) is 12.5 Å². The fraction of sp³-hybridized carbons (Fsp3) is 0.0714. The average molecular weight is 508 g/mol. The second-order valence-corrected chi connectivity index (χ2v) is 9.22. The Balaban J connectivity index is 1.65. The van der Waals surface area contributed by atoms with Gasteiger partial charge >= 0.3 is 0 Å². The van der Waals surface area contributed by atoms with Gasteiger partial charge in [0.05, 0.1) is 11.4 Å². The van der Waals surface area contributed by atoms with Crippen LogP contribution in [0, 0.1) is 6.92 Å². The summed E-state index contributed by atoms with van der Waals surface area (Å²) in [4.78, 5) is 43.2. The Morgan fingerprint density at radius 1 is 0.784 bits per heavy atom. The van der Waals surface area contributed by atoms with Crippen LogP contribution in [0.1, 0.15) is 48.8 Å². The highest BCUT2D eigenvalue weighted by molar-refractivity contribution is 7.11. The van der Waals surface area contributed by atoms with Gasteiger partial charge in [-0.1, -0.05) is 65.4 Å². The van der Waals surface area contributed by atoms with Crippen LogP contribution in [-0.2, 0) is 0 Å². The Bertz CT molecular complexity index is 1680. The van der Waals surface area contributed by atoms with Crippen molar-refractivity contribution in [2.75, 3.05) is 0 Å². The van der Waals surface area contributed by atoms with E-state index in [9.17, 15) is 14.4 Å². The molecular weight excluding hydrogens is 486 g/mol. The summed E-state index contributed by atoms with van der Waals surface area (Å²) < 4.78 is 2.91. The van der Waals surface area contributed by atoms with Crippen molar-refractivity contribution in [3.63, 3.8) is 0 Å². The quantitative estimate of drug-likeness (QED) is 0.313. The molecular formula is C28H21N5O3S. The maximum Gasteiger partial charge on any atom is 0.279 e. The lowest BCUT2D eigenvalue weighted by Gasteiger charge is -2.05. The van der Waals surface area contributed by atoms with E-state index in [4.69, 9.17) is 0 Å². The number of aromatic nitrogens is 4. The maximum absolute atomic E-state index is 13.7. The van der Waals surface area contributed by atoms with E-state index >= 15 is 0 Å². The Kier molecular flexibility index (Phi) is 6.53. The second-order valence-electron chi connectivity index (χ2n) is 8.27. The summed E-state index contributed by atoms with van der Waals surface area (Å²) in [5.41, 5.74) is 3.11. The molecule has 2 heterocycles. The van der Waals surface area contributed by atoms with Gasteiger partial charge < -0.3 is 0 Å². The van der Waals surface area contributed by atoms with Crippen molar-refractivity contribution in [2.45, 2.75) is 13.8 Å². The predicted octanol–water partition coefficient (Wildman–Crippen LogP) is 4.60. The SMILES string of the molecule is CC(=O)c1cc(C(=O)c2nn(-c3ccc(C)cc3)c(=NC(=O)c3ccccc3)s2)n(-c2ccccc2)n1. The molecule has 0 N–H and O–H groups in total. The van der Waals surface area contributed by atoms with Crippen LogP contribution in [0.15, 0.2) is 96.0 Å². The second kappa shape index (κ2) is 10.1. The van der Waals surface area contributed by atoms with Gasteiger partial charge in [0.15, 0.2) is 10.8 Å². The Hall–Kier alpha value is -4.76. The summed E-state index contributed by atoms with van der Waals surface area (Å²) >= 11 is 0.995. The number of aryl methyl sites for hydroxylation is 1. The number of Topliss-reactive ketones (excluding diaryl/α,β-unsaturated/α-hetero) is 1. The van der Waals surface area contributed by atoms with Crippen LogP contribution in [0.25, 0.3) is 11.4 Å². The molecule has 0 saturated carbocycles. The van der Waals surface area contributed by atoms with Crippen molar-refractivity contribution in [1.29, 1.82) is 0 Å². The highest BCUT2D eigenvalue weighted by Crippen LogP contribution is 2.19. The van der Waals surface area contributed by atoms with E-state index in [2.05, 4.69) is 15.2 Å². The molecule has 0 radical (unpaired) electrons. The van der Waals surface area contributed by atoms with Crippen LogP contribution in [-0.4, -0.2) is 37.0 Å². The van der Waals surface area contributed by atoms with E-state index in [0.717, 1.165) is 16.9 Å². The van der Waals surface area contributed by atoms with E-state index in [1.807, 2.05) is 55.5 Å². The lowest BCUT2D eigenvalue weighted by Crippen LogP contribution is -2.17. The monoisotopic (exact) mass is 507 g/mol. The molecule has 5 rings (SSSR count). The van der Waals surface area contributed by atoms with Crippen molar-refractivity contribution >= 4 is 28.8 Å². The van der Waals surface area contributed by atoms with Crippen molar-refractivity contribution in [2.24, 2.45) is 4.99 Å². The van der Waals surface area contributed by atoms with Gasteiger partial charge in [-0.3, -0.25) is 14.4 Å².